The smallest absolute Gasteiger partial charge is 0.383 e. The van der Waals surface area contributed by atoms with E-state index in [2.05, 4.69) is 9.84 Å². The quantitative estimate of drug-likeness (QED) is 0.438. The molecular formula is C4H10NO4PS. The minimum atomic E-state index is -4.32. The minimum Gasteiger partial charge on any atom is -0.383 e. The zero-order valence-electron chi connectivity index (χ0n) is 5.98. The van der Waals surface area contributed by atoms with Crippen molar-refractivity contribution in [1.82, 2.24) is 5.32 Å². The van der Waals surface area contributed by atoms with Crippen LogP contribution in [-0.2, 0) is 9.09 Å². The van der Waals surface area contributed by atoms with Gasteiger partial charge in [0, 0.05) is 13.5 Å². The SMILES string of the molecule is CNC(=S)CCOP(=O)(O)O. The molecule has 66 valence electrons. The molecule has 11 heavy (non-hydrogen) atoms. The highest BCUT2D eigenvalue weighted by molar-refractivity contribution is 7.80. The highest BCUT2D eigenvalue weighted by Gasteiger charge is 2.12. The van der Waals surface area contributed by atoms with Gasteiger partial charge in [-0.15, -0.1) is 0 Å². The minimum absolute atomic E-state index is 0.0655. The van der Waals surface area contributed by atoms with Crippen LogP contribution >= 0.6 is 20.0 Å². The van der Waals surface area contributed by atoms with Crippen molar-refractivity contribution in [3.63, 3.8) is 0 Å². The van der Waals surface area contributed by atoms with E-state index in [9.17, 15) is 4.57 Å². The molecule has 5 nitrogen and oxygen atoms in total. The Hall–Kier alpha value is -0.0000000000000000416. The molecule has 0 aromatic heterocycles. The summed E-state index contributed by atoms with van der Waals surface area (Å²) < 4.78 is 14.3. The van der Waals surface area contributed by atoms with E-state index in [4.69, 9.17) is 22.0 Å². The topological polar surface area (TPSA) is 78.8 Å². The first-order valence-corrected chi connectivity index (χ1v) is 4.80. The number of rotatable bonds is 4. The molecule has 7 heteroatoms. The van der Waals surface area contributed by atoms with Gasteiger partial charge in [-0.3, -0.25) is 4.52 Å². The Bertz CT molecular complexity index is 179. The molecule has 0 atom stereocenters. The molecule has 0 aliphatic heterocycles. The third kappa shape index (κ3) is 7.90. The van der Waals surface area contributed by atoms with Crippen molar-refractivity contribution >= 4 is 25.0 Å². The summed E-state index contributed by atoms with van der Waals surface area (Å²) >= 11 is 4.70. The summed E-state index contributed by atoms with van der Waals surface area (Å²) in [6.07, 6.45) is 0.316. The van der Waals surface area contributed by atoms with Crippen molar-refractivity contribution in [3.8, 4) is 0 Å². The molecule has 0 aromatic carbocycles. The van der Waals surface area contributed by atoms with Gasteiger partial charge in [-0.2, -0.15) is 0 Å². The average Bonchev–Trinajstić information content (AvgIpc) is 1.85. The highest BCUT2D eigenvalue weighted by Crippen LogP contribution is 2.35. The second kappa shape index (κ2) is 4.79. The highest BCUT2D eigenvalue weighted by atomic mass is 32.1. The van der Waals surface area contributed by atoms with Gasteiger partial charge in [0.15, 0.2) is 0 Å². The van der Waals surface area contributed by atoms with Crippen LogP contribution < -0.4 is 5.32 Å². The fourth-order valence-electron chi connectivity index (χ4n) is 0.382. The van der Waals surface area contributed by atoms with Crippen LogP contribution in [-0.4, -0.2) is 28.4 Å². The Morgan fingerprint density at radius 2 is 2.27 bits per heavy atom. The summed E-state index contributed by atoms with van der Waals surface area (Å²) in [7, 11) is -2.68. The van der Waals surface area contributed by atoms with Gasteiger partial charge in [0.05, 0.1) is 11.6 Å². The lowest BCUT2D eigenvalue weighted by Crippen LogP contribution is -2.16. The summed E-state index contributed by atoms with van der Waals surface area (Å²) in [5.74, 6) is 0. The number of phosphoric ester groups is 1. The molecule has 0 aliphatic rings. The number of hydrogen-bond donors (Lipinski definition) is 3. The van der Waals surface area contributed by atoms with Crippen LogP contribution in [0.4, 0.5) is 0 Å². The normalized spacial score (nSPS) is 11.2. The fourth-order valence-corrected chi connectivity index (χ4v) is 0.795. The monoisotopic (exact) mass is 199 g/mol. The first-order valence-electron chi connectivity index (χ1n) is 2.86. The van der Waals surface area contributed by atoms with Gasteiger partial charge >= 0.3 is 7.82 Å². The van der Waals surface area contributed by atoms with E-state index >= 15 is 0 Å². The molecule has 3 N–H and O–H groups in total. The Morgan fingerprint density at radius 1 is 1.73 bits per heavy atom. The summed E-state index contributed by atoms with van der Waals surface area (Å²) in [6, 6.07) is 0. The maximum absolute atomic E-state index is 10.1. The van der Waals surface area contributed by atoms with Crippen LogP contribution in [0.2, 0.25) is 0 Å². The second-order valence-corrected chi connectivity index (χ2v) is 3.48. The lowest BCUT2D eigenvalue weighted by atomic mass is 10.5. The molecule has 0 rings (SSSR count). The molecule has 0 saturated heterocycles. The largest absolute Gasteiger partial charge is 0.469 e. The van der Waals surface area contributed by atoms with E-state index in [1.54, 1.807) is 7.05 Å². The zero-order chi connectivity index (χ0) is 8.91. The number of nitrogens with one attached hydrogen (secondary N) is 1. The molecule has 0 spiro atoms. The lowest BCUT2D eigenvalue weighted by molar-refractivity contribution is 0.202. The first kappa shape index (κ1) is 11.0. The molecule has 0 bridgehead atoms. The van der Waals surface area contributed by atoms with Crippen molar-refractivity contribution in [2.75, 3.05) is 13.7 Å². The molecule has 0 heterocycles. The van der Waals surface area contributed by atoms with Crippen LogP contribution in [0.25, 0.3) is 0 Å². The predicted octanol–water partition coefficient (Wildman–Crippen LogP) is 0.0326. The summed E-state index contributed by atoms with van der Waals surface area (Å²) in [6.45, 7) is -0.0655. The van der Waals surface area contributed by atoms with Gasteiger partial charge in [-0.25, -0.2) is 4.57 Å². The Balaban J connectivity index is 3.43. The van der Waals surface area contributed by atoms with E-state index in [0.717, 1.165) is 0 Å². The van der Waals surface area contributed by atoms with Crippen molar-refractivity contribution in [2.45, 2.75) is 6.42 Å². The first-order chi connectivity index (χ1) is 4.95. The molecule has 0 fully saturated rings. The van der Waals surface area contributed by atoms with E-state index < -0.39 is 7.82 Å². The van der Waals surface area contributed by atoms with Gasteiger partial charge in [-0.1, -0.05) is 12.2 Å². The zero-order valence-corrected chi connectivity index (χ0v) is 7.69. The maximum atomic E-state index is 10.1. The van der Waals surface area contributed by atoms with Crippen LogP contribution in [0.5, 0.6) is 0 Å². The van der Waals surface area contributed by atoms with E-state index in [0.29, 0.717) is 11.4 Å². The van der Waals surface area contributed by atoms with E-state index in [1.165, 1.54) is 0 Å². The molecule has 0 saturated carbocycles. The lowest BCUT2D eigenvalue weighted by Gasteiger charge is -2.04. The fraction of sp³-hybridized carbons (Fsp3) is 0.750. The Kier molecular flexibility index (Phi) is 4.79. The average molecular weight is 199 g/mol. The van der Waals surface area contributed by atoms with Crippen LogP contribution in [0.15, 0.2) is 0 Å². The van der Waals surface area contributed by atoms with Gasteiger partial charge < -0.3 is 15.1 Å². The van der Waals surface area contributed by atoms with Crippen LogP contribution in [0.3, 0.4) is 0 Å². The maximum Gasteiger partial charge on any atom is 0.469 e. The van der Waals surface area contributed by atoms with E-state index in [-0.39, 0.29) is 6.61 Å². The number of phosphoric acid groups is 1. The predicted molar refractivity (Wildman–Crippen MR) is 44.3 cm³/mol. The second-order valence-electron chi connectivity index (χ2n) is 1.75. The van der Waals surface area contributed by atoms with Crippen LogP contribution in [0, 0.1) is 0 Å². The molecule has 0 aliphatic carbocycles. The molecule has 0 amide bonds. The van der Waals surface area contributed by atoms with Crippen molar-refractivity contribution in [3.05, 3.63) is 0 Å². The standard InChI is InChI=1S/C4H10NO4PS/c1-5-4(11)2-3-9-10(6,7)8/h2-3H2,1H3,(H,5,11)(H2,6,7,8). The van der Waals surface area contributed by atoms with Crippen LogP contribution in [0.1, 0.15) is 6.42 Å². The summed E-state index contributed by atoms with van der Waals surface area (Å²) in [5.41, 5.74) is 0. The van der Waals surface area contributed by atoms with Crippen molar-refractivity contribution in [2.24, 2.45) is 0 Å². The Labute approximate surface area is 70.0 Å². The number of thiocarbonyl (C=S) groups is 1. The molecule has 0 radical (unpaired) electrons. The number of hydrogen-bond acceptors (Lipinski definition) is 3. The third-order valence-corrected chi connectivity index (χ3v) is 1.79. The van der Waals surface area contributed by atoms with Gasteiger partial charge in [-0.05, 0) is 0 Å². The van der Waals surface area contributed by atoms with Gasteiger partial charge in [0.25, 0.3) is 0 Å². The van der Waals surface area contributed by atoms with Crippen molar-refractivity contribution < 1.29 is 18.9 Å². The summed E-state index contributed by atoms with van der Waals surface area (Å²) in [4.78, 5) is 17.0. The van der Waals surface area contributed by atoms with E-state index in [1.807, 2.05) is 0 Å². The molecule has 0 unspecified atom stereocenters. The molecular weight excluding hydrogens is 189 g/mol. The third-order valence-electron chi connectivity index (χ3n) is 0.867. The summed E-state index contributed by atoms with van der Waals surface area (Å²) in [5, 5.41) is 2.65. The Morgan fingerprint density at radius 3 is 2.64 bits per heavy atom. The van der Waals surface area contributed by atoms with Crippen molar-refractivity contribution in [1.29, 1.82) is 0 Å². The van der Waals surface area contributed by atoms with Gasteiger partial charge in [0.1, 0.15) is 0 Å². The molecule has 0 aromatic rings. The van der Waals surface area contributed by atoms with Gasteiger partial charge in [0.2, 0.25) is 0 Å².